The second-order valence-corrected chi connectivity index (χ2v) is 5.91. The van der Waals surface area contributed by atoms with Gasteiger partial charge in [0.1, 0.15) is 5.82 Å². The summed E-state index contributed by atoms with van der Waals surface area (Å²) in [5.41, 5.74) is 1.67. The zero-order valence-corrected chi connectivity index (χ0v) is 14.4. The van der Waals surface area contributed by atoms with Crippen LogP contribution in [0.3, 0.4) is 0 Å². The highest BCUT2D eigenvalue weighted by atomic mass is 19.1. The van der Waals surface area contributed by atoms with E-state index in [1.54, 1.807) is 66.6 Å². The molecule has 7 heteroatoms. The van der Waals surface area contributed by atoms with Crippen molar-refractivity contribution < 1.29 is 13.6 Å². The minimum absolute atomic E-state index is 0.307. The molecule has 0 spiro atoms. The summed E-state index contributed by atoms with van der Waals surface area (Å²) in [6, 6.07) is 14.6. The SMILES string of the molecule is Cn1ccc(NC(=O)c2ccccc2-c2ncc(-c3ccc(F)cc3)o2)n1. The van der Waals surface area contributed by atoms with Gasteiger partial charge < -0.3 is 9.73 Å². The van der Waals surface area contributed by atoms with Crippen LogP contribution in [0, 0.1) is 5.82 Å². The first kappa shape index (κ1) is 16.7. The number of hydrogen-bond donors (Lipinski definition) is 1. The predicted molar refractivity (Wildman–Crippen MR) is 98.5 cm³/mol. The maximum Gasteiger partial charge on any atom is 0.257 e. The Morgan fingerprint density at radius 1 is 1.11 bits per heavy atom. The van der Waals surface area contributed by atoms with Crippen molar-refractivity contribution in [3.63, 3.8) is 0 Å². The van der Waals surface area contributed by atoms with Crippen LogP contribution < -0.4 is 5.32 Å². The molecule has 2 heterocycles. The van der Waals surface area contributed by atoms with Crippen LogP contribution in [0.2, 0.25) is 0 Å². The first-order chi connectivity index (χ1) is 13.1. The van der Waals surface area contributed by atoms with Gasteiger partial charge in [-0.05, 0) is 36.4 Å². The van der Waals surface area contributed by atoms with Crippen LogP contribution in [0.25, 0.3) is 22.8 Å². The van der Waals surface area contributed by atoms with Gasteiger partial charge in [0.05, 0.1) is 11.8 Å². The molecule has 134 valence electrons. The number of amides is 1. The standard InChI is InChI=1S/C20H15FN4O2/c1-25-11-10-18(24-25)23-19(26)15-4-2-3-5-16(15)20-22-12-17(27-20)13-6-8-14(21)9-7-13/h2-12H,1H3,(H,23,24,26). The van der Waals surface area contributed by atoms with Gasteiger partial charge in [-0.1, -0.05) is 12.1 Å². The Bertz CT molecular complexity index is 1100. The van der Waals surface area contributed by atoms with Gasteiger partial charge in [-0.2, -0.15) is 5.10 Å². The number of benzene rings is 2. The fourth-order valence-corrected chi connectivity index (χ4v) is 2.68. The number of carbonyl (C=O) groups is 1. The molecule has 0 unspecified atom stereocenters. The molecule has 0 fully saturated rings. The quantitative estimate of drug-likeness (QED) is 0.592. The lowest BCUT2D eigenvalue weighted by molar-refractivity contribution is 0.102. The first-order valence-electron chi connectivity index (χ1n) is 8.22. The second kappa shape index (κ2) is 6.87. The van der Waals surface area contributed by atoms with Gasteiger partial charge in [-0.15, -0.1) is 0 Å². The molecule has 0 aliphatic rings. The number of nitrogens with one attached hydrogen (secondary N) is 1. The minimum atomic E-state index is -0.324. The number of rotatable bonds is 4. The van der Waals surface area contributed by atoms with E-state index < -0.39 is 0 Å². The van der Waals surface area contributed by atoms with E-state index in [1.165, 1.54) is 12.1 Å². The van der Waals surface area contributed by atoms with Gasteiger partial charge in [0, 0.05) is 30.4 Å². The van der Waals surface area contributed by atoms with E-state index in [2.05, 4.69) is 15.4 Å². The first-order valence-corrected chi connectivity index (χ1v) is 8.22. The van der Waals surface area contributed by atoms with Crippen LogP contribution in [0.15, 0.2) is 71.4 Å². The molecule has 0 saturated heterocycles. The molecular formula is C20H15FN4O2. The van der Waals surface area contributed by atoms with Crippen molar-refractivity contribution in [2.75, 3.05) is 5.32 Å². The summed E-state index contributed by atoms with van der Waals surface area (Å²) >= 11 is 0. The maximum atomic E-state index is 13.1. The number of nitrogens with zero attached hydrogens (tertiary/aromatic N) is 3. The third-order valence-electron chi connectivity index (χ3n) is 3.99. The molecule has 1 N–H and O–H groups in total. The molecule has 1 amide bonds. The highest BCUT2D eigenvalue weighted by molar-refractivity contribution is 6.07. The number of aryl methyl sites for hydroxylation is 1. The average molecular weight is 362 g/mol. The number of anilines is 1. The number of halogens is 1. The van der Waals surface area contributed by atoms with Gasteiger partial charge >= 0.3 is 0 Å². The Balaban J connectivity index is 1.65. The Kier molecular flexibility index (Phi) is 4.25. The van der Waals surface area contributed by atoms with Crippen molar-refractivity contribution in [3.05, 3.63) is 78.4 Å². The van der Waals surface area contributed by atoms with Crippen molar-refractivity contribution in [3.8, 4) is 22.8 Å². The lowest BCUT2D eigenvalue weighted by atomic mass is 10.1. The van der Waals surface area contributed by atoms with Gasteiger partial charge in [-0.25, -0.2) is 9.37 Å². The number of carbonyl (C=O) groups excluding carboxylic acids is 1. The molecule has 0 bridgehead atoms. The largest absolute Gasteiger partial charge is 0.436 e. The molecule has 6 nitrogen and oxygen atoms in total. The fraction of sp³-hybridized carbons (Fsp3) is 0.0500. The van der Waals surface area contributed by atoms with E-state index >= 15 is 0 Å². The Hall–Kier alpha value is -3.74. The average Bonchev–Trinajstić information content (AvgIpc) is 3.32. The van der Waals surface area contributed by atoms with Crippen LogP contribution in [0.1, 0.15) is 10.4 Å². The summed E-state index contributed by atoms with van der Waals surface area (Å²) in [6.45, 7) is 0. The molecule has 4 aromatic rings. The summed E-state index contributed by atoms with van der Waals surface area (Å²) in [7, 11) is 1.77. The fourth-order valence-electron chi connectivity index (χ4n) is 2.68. The van der Waals surface area contributed by atoms with Crippen LogP contribution in [0.5, 0.6) is 0 Å². The van der Waals surface area contributed by atoms with Crippen molar-refractivity contribution in [1.82, 2.24) is 14.8 Å². The molecule has 0 aliphatic carbocycles. The van der Waals surface area contributed by atoms with Crippen molar-refractivity contribution >= 4 is 11.7 Å². The lowest BCUT2D eigenvalue weighted by Crippen LogP contribution is -2.13. The molecule has 0 atom stereocenters. The Labute approximate surface area is 154 Å². The van der Waals surface area contributed by atoms with E-state index in [4.69, 9.17) is 4.42 Å². The van der Waals surface area contributed by atoms with E-state index in [0.29, 0.717) is 34.2 Å². The summed E-state index contributed by atoms with van der Waals surface area (Å²) in [6.07, 6.45) is 3.29. The normalized spacial score (nSPS) is 10.7. The Morgan fingerprint density at radius 2 is 1.89 bits per heavy atom. The van der Waals surface area contributed by atoms with Crippen LogP contribution in [-0.2, 0) is 7.05 Å². The monoisotopic (exact) mass is 362 g/mol. The van der Waals surface area contributed by atoms with Gasteiger partial charge in [0.2, 0.25) is 5.89 Å². The van der Waals surface area contributed by atoms with Crippen LogP contribution in [-0.4, -0.2) is 20.7 Å². The molecule has 2 aromatic carbocycles. The highest BCUT2D eigenvalue weighted by Gasteiger charge is 2.17. The second-order valence-electron chi connectivity index (χ2n) is 5.91. The molecule has 0 aliphatic heterocycles. The van der Waals surface area contributed by atoms with Crippen LogP contribution in [0.4, 0.5) is 10.2 Å². The maximum absolute atomic E-state index is 13.1. The number of oxazole rings is 1. The number of aromatic nitrogens is 3. The predicted octanol–water partition coefficient (Wildman–Crippen LogP) is 4.13. The zero-order chi connectivity index (χ0) is 18.8. The van der Waals surface area contributed by atoms with Gasteiger partial charge in [0.25, 0.3) is 5.91 Å². The molecule has 2 aromatic heterocycles. The third kappa shape index (κ3) is 3.48. The summed E-state index contributed by atoms with van der Waals surface area (Å²) in [4.78, 5) is 16.9. The lowest BCUT2D eigenvalue weighted by Gasteiger charge is -2.06. The topological polar surface area (TPSA) is 73.0 Å². The number of hydrogen-bond acceptors (Lipinski definition) is 4. The van der Waals surface area contributed by atoms with Crippen molar-refractivity contribution in [2.24, 2.45) is 7.05 Å². The van der Waals surface area contributed by atoms with Gasteiger partial charge in [0.15, 0.2) is 11.6 Å². The van der Waals surface area contributed by atoms with E-state index in [1.807, 2.05) is 0 Å². The summed E-state index contributed by atoms with van der Waals surface area (Å²) in [5.74, 6) is 0.614. The summed E-state index contributed by atoms with van der Waals surface area (Å²) in [5, 5.41) is 6.90. The van der Waals surface area contributed by atoms with Gasteiger partial charge in [-0.3, -0.25) is 9.48 Å². The zero-order valence-electron chi connectivity index (χ0n) is 14.4. The molecule has 4 rings (SSSR count). The Morgan fingerprint density at radius 3 is 2.63 bits per heavy atom. The van der Waals surface area contributed by atoms with E-state index in [9.17, 15) is 9.18 Å². The molecule has 0 radical (unpaired) electrons. The highest BCUT2D eigenvalue weighted by Crippen LogP contribution is 2.28. The van der Waals surface area contributed by atoms with Crippen molar-refractivity contribution in [1.29, 1.82) is 0 Å². The minimum Gasteiger partial charge on any atom is -0.436 e. The molecule has 27 heavy (non-hydrogen) atoms. The summed E-state index contributed by atoms with van der Waals surface area (Å²) < 4.78 is 20.5. The molecular weight excluding hydrogens is 347 g/mol. The van der Waals surface area contributed by atoms with E-state index in [0.717, 1.165) is 0 Å². The smallest absolute Gasteiger partial charge is 0.257 e. The molecule has 0 saturated carbocycles. The third-order valence-corrected chi connectivity index (χ3v) is 3.99. The van der Waals surface area contributed by atoms with Crippen LogP contribution >= 0.6 is 0 Å². The van der Waals surface area contributed by atoms with E-state index in [-0.39, 0.29) is 11.7 Å². The van der Waals surface area contributed by atoms with Crippen molar-refractivity contribution in [2.45, 2.75) is 0 Å².